The number of hydrogen-bond acceptors (Lipinski definition) is 4. The van der Waals surface area contributed by atoms with Gasteiger partial charge in [0.05, 0.1) is 0 Å². The van der Waals surface area contributed by atoms with E-state index in [1.54, 1.807) is 11.9 Å². The molecule has 0 atom stereocenters. The molecule has 6 nitrogen and oxygen atoms in total. The Morgan fingerprint density at radius 1 is 1.22 bits per heavy atom. The summed E-state index contributed by atoms with van der Waals surface area (Å²) in [6.07, 6.45) is 0.343. The number of sulfonamides is 1. The molecule has 0 unspecified atom stereocenters. The minimum atomic E-state index is -4.03. The van der Waals surface area contributed by atoms with Crippen LogP contribution in [0.1, 0.15) is 6.42 Å². The van der Waals surface area contributed by atoms with Crippen LogP contribution in [0, 0.1) is 11.6 Å². The Morgan fingerprint density at radius 2 is 1.87 bits per heavy atom. The van der Waals surface area contributed by atoms with Crippen LogP contribution in [0.4, 0.5) is 8.78 Å². The summed E-state index contributed by atoms with van der Waals surface area (Å²) in [4.78, 5) is 12.9. The van der Waals surface area contributed by atoms with Crippen molar-refractivity contribution in [2.45, 2.75) is 11.3 Å². The van der Waals surface area contributed by atoms with Crippen molar-refractivity contribution in [2.75, 3.05) is 39.8 Å². The third-order valence-electron chi connectivity index (χ3n) is 3.69. The standard InChI is InChI=1S/C14H19F2N3O3S/c1-17-5-4-14(20)18-6-8-19(9-7-18)23(21,22)13-3-2-11(15)10-12(13)16/h2-3,10,17H,4-9H2,1H3. The number of rotatable bonds is 5. The first-order valence-corrected chi connectivity index (χ1v) is 8.68. The molecule has 1 aliphatic rings. The molecule has 0 aromatic heterocycles. The molecule has 1 fully saturated rings. The molecule has 0 spiro atoms. The fraction of sp³-hybridized carbons (Fsp3) is 0.500. The van der Waals surface area contributed by atoms with E-state index in [0.717, 1.165) is 16.4 Å². The Balaban J connectivity index is 2.05. The van der Waals surface area contributed by atoms with Crippen LogP contribution in [-0.4, -0.2) is 63.3 Å². The summed E-state index contributed by atoms with van der Waals surface area (Å²) in [7, 11) is -2.29. The largest absolute Gasteiger partial charge is 0.340 e. The number of benzene rings is 1. The lowest BCUT2D eigenvalue weighted by Crippen LogP contribution is -2.50. The van der Waals surface area contributed by atoms with E-state index in [4.69, 9.17) is 0 Å². The number of halogens is 2. The molecule has 1 heterocycles. The molecule has 0 radical (unpaired) electrons. The summed E-state index contributed by atoms with van der Waals surface area (Å²) in [6.45, 7) is 1.24. The average Bonchev–Trinajstić information content (AvgIpc) is 2.52. The minimum absolute atomic E-state index is 0.0515. The second-order valence-corrected chi connectivity index (χ2v) is 7.12. The summed E-state index contributed by atoms with van der Waals surface area (Å²) in [6, 6.07) is 2.38. The van der Waals surface area contributed by atoms with Crippen molar-refractivity contribution in [1.29, 1.82) is 0 Å². The van der Waals surface area contributed by atoms with E-state index in [0.29, 0.717) is 19.0 Å². The predicted molar refractivity (Wildman–Crippen MR) is 80.2 cm³/mol. The molecule has 1 aromatic rings. The Labute approximate surface area is 134 Å². The van der Waals surface area contributed by atoms with E-state index in [1.165, 1.54) is 0 Å². The van der Waals surface area contributed by atoms with Crippen LogP contribution < -0.4 is 5.32 Å². The first-order chi connectivity index (χ1) is 10.9. The number of carbonyl (C=O) groups is 1. The lowest BCUT2D eigenvalue weighted by molar-refractivity contribution is -0.132. The predicted octanol–water partition coefficient (Wildman–Crippen LogP) is 0.407. The van der Waals surface area contributed by atoms with Crippen LogP contribution in [0.15, 0.2) is 23.1 Å². The normalized spacial score (nSPS) is 16.6. The van der Waals surface area contributed by atoms with Gasteiger partial charge in [0.15, 0.2) is 0 Å². The van der Waals surface area contributed by atoms with Gasteiger partial charge < -0.3 is 10.2 Å². The summed E-state index contributed by atoms with van der Waals surface area (Å²) in [5.74, 6) is -2.00. The molecule has 1 N–H and O–H groups in total. The van der Waals surface area contributed by atoms with E-state index in [1.807, 2.05) is 0 Å². The molecule has 1 saturated heterocycles. The van der Waals surface area contributed by atoms with Gasteiger partial charge in [-0.1, -0.05) is 0 Å². The topological polar surface area (TPSA) is 69.7 Å². The zero-order valence-corrected chi connectivity index (χ0v) is 13.6. The number of piperazine rings is 1. The highest BCUT2D eigenvalue weighted by Crippen LogP contribution is 2.21. The number of amides is 1. The van der Waals surface area contributed by atoms with Crippen molar-refractivity contribution >= 4 is 15.9 Å². The molecule has 0 bridgehead atoms. The number of hydrogen-bond donors (Lipinski definition) is 1. The van der Waals surface area contributed by atoms with Gasteiger partial charge in [-0.15, -0.1) is 0 Å². The van der Waals surface area contributed by atoms with Gasteiger partial charge in [-0.05, 0) is 19.2 Å². The van der Waals surface area contributed by atoms with Crippen LogP contribution >= 0.6 is 0 Å². The molecule has 2 rings (SSSR count). The second-order valence-electron chi connectivity index (χ2n) is 5.21. The van der Waals surface area contributed by atoms with Crippen LogP contribution in [0.25, 0.3) is 0 Å². The van der Waals surface area contributed by atoms with Gasteiger partial charge in [-0.2, -0.15) is 4.31 Å². The molecule has 1 aliphatic heterocycles. The van der Waals surface area contributed by atoms with E-state index >= 15 is 0 Å². The zero-order valence-electron chi connectivity index (χ0n) is 12.8. The van der Waals surface area contributed by atoms with Crippen molar-refractivity contribution in [1.82, 2.24) is 14.5 Å². The molecule has 1 amide bonds. The highest BCUT2D eigenvalue weighted by atomic mass is 32.2. The lowest BCUT2D eigenvalue weighted by atomic mass is 10.3. The van der Waals surface area contributed by atoms with E-state index in [9.17, 15) is 22.0 Å². The molecule has 0 saturated carbocycles. The maximum Gasteiger partial charge on any atom is 0.246 e. The number of nitrogens with zero attached hydrogens (tertiary/aromatic N) is 2. The molecule has 128 valence electrons. The Morgan fingerprint density at radius 3 is 2.43 bits per heavy atom. The van der Waals surface area contributed by atoms with Crippen LogP contribution in [-0.2, 0) is 14.8 Å². The first-order valence-electron chi connectivity index (χ1n) is 7.24. The Bertz CT molecular complexity index is 674. The van der Waals surface area contributed by atoms with Crippen LogP contribution in [0.5, 0.6) is 0 Å². The van der Waals surface area contributed by atoms with Crippen LogP contribution in [0.2, 0.25) is 0 Å². The average molecular weight is 347 g/mol. The maximum absolute atomic E-state index is 13.7. The van der Waals surface area contributed by atoms with Crippen molar-refractivity contribution in [3.8, 4) is 0 Å². The quantitative estimate of drug-likeness (QED) is 0.838. The van der Waals surface area contributed by atoms with Gasteiger partial charge in [0.25, 0.3) is 0 Å². The SMILES string of the molecule is CNCCC(=O)N1CCN(S(=O)(=O)c2ccc(F)cc2F)CC1. The molecular weight excluding hydrogens is 328 g/mol. The van der Waals surface area contributed by atoms with Crippen molar-refractivity contribution in [3.05, 3.63) is 29.8 Å². The van der Waals surface area contributed by atoms with Crippen molar-refractivity contribution in [2.24, 2.45) is 0 Å². The summed E-state index contributed by atoms with van der Waals surface area (Å²) < 4.78 is 52.6. The van der Waals surface area contributed by atoms with Crippen molar-refractivity contribution in [3.63, 3.8) is 0 Å². The van der Waals surface area contributed by atoms with E-state index < -0.39 is 26.6 Å². The third-order valence-corrected chi connectivity index (χ3v) is 5.62. The molecule has 1 aromatic carbocycles. The van der Waals surface area contributed by atoms with E-state index in [2.05, 4.69) is 5.32 Å². The molecule has 23 heavy (non-hydrogen) atoms. The van der Waals surface area contributed by atoms with Gasteiger partial charge in [0, 0.05) is 45.2 Å². The van der Waals surface area contributed by atoms with Crippen molar-refractivity contribution < 1.29 is 22.0 Å². The fourth-order valence-corrected chi connectivity index (χ4v) is 3.86. The number of nitrogens with one attached hydrogen (secondary N) is 1. The third kappa shape index (κ3) is 4.04. The fourth-order valence-electron chi connectivity index (χ4n) is 2.39. The van der Waals surface area contributed by atoms with Crippen LogP contribution in [0.3, 0.4) is 0 Å². The van der Waals surface area contributed by atoms with Gasteiger partial charge in [-0.25, -0.2) is 17.2 Å². The van der Waals surface area contributed by atoms with Gasteiger partial charge in [0.1, 0.15) is 16.5 Å². The monoisotopic (exact) mass is 347 g/mol. The minimum Gasteiger partial charge on any atom is -0.340 e. The van der Waals surface area contributed by atoms with E-state index in [-0.39, 0.29) is 32.1 Å². The smallest absolute Gasteiger partial charge is 0.246 e. The summed E-state index contributed by atoms with van der Waals surface area (Å²) in [5, 5.41) is 2.88. The second kappa shape index (κ2) is 7.33. The van der Waals surface area contributed by atoms with Gasteiger partial charge >= 0.3 is 0 Å². The molecular formula is C14H19F2N3O3S. The number of carbonyl (C=O) groups excluding carboxylic acids is 1. The lowest BCUT2D eigenvalue weighted by Gasteiger charge is -2.34. The molecule has 9 heteroatoms. The summed E-state index contributed by atoms with van der Waals surface area (Å²) in [5.41, 5.74) is 0. The highest BCUT2D eigenvalue weighted by molar-refractivity contribution is 7.89. The maximum atomic E-state index is 13.7. The van der Waals surface area contributed by atoms with Gasteiger partial charge in [-0.3, -0.25) is 4.79 Å². The Hall–Kier alpha value is -1.58. The zero-order chi connectivity index (χ0) is 17.0. The first kappa shape index (κ1) is 17.8. The summed E-state index contributed by atoms with van der Waals surface area (Å²) >= 11 is 0. The highest BCUT2D eigenvalue weighted by Gasteiger charge is 2.31. The Kier molecular flexibility index (Phi) is 5.66. The van der Waals surface area contributed by atoms with Gasteiger partial charge in [0.2, 0.25) is 15.9 Å². The molecule has 0 aliphatic carbocycles.